The first-order valence-electron chi connectivity index (χ1n) is 4.18. The van der Waals surface area contributed by atoms with Gasteiger partial charge in [0.05, 0.1) is 0 Å². The lowest BCUT2D eigenvalue weighted by Gasteiger charge is -2.06. The normalized spacial score (nSPS) is 11.4. The summed E-state index contributed by atoms with van der Waals surface area (Å²) in [5.41, 5.74) is 0. The molecule has 13 heavy (non-hydrogen) atoms. The van der Waals surface area contributed by atoms with Crippen molar-refractivity contribution in [2.75, 3.05) is 0 Å². The molecule has 1 N–H and O–H groups in total. The summed E-state index contributed by atoms with van der Waals surface area (Å²) < 4.78 is 34.8. The zero-order chi connectivity index (χ0) is 10.3. The highest BCUT2D eigenvalue weighted by molar-refractivity contribution is 5.82. The number of halogens is 3. The van der Waals surface area contributed by atoms with Crippen LogP contribution in [0.25, 0.3) is 0 Å². The predicted octanol–water partition coefficient (Wildman–Crippen LogP) is 2.41. The first-order valence-corrected chi connectivity index (χ1v) is 4.18. The molecular formula is C8H13F3NO. The summed E-state index contributed by atoms with van der Waals surface area (Å²) in [5, 5.41) is 1.69. The van der Waals surface area contributed by atoms with Crippen molar-refractivity contribution >= 4 is 5.91 Å². The zero-order valence-corrected chi connectivity index (χ0v) is 7.45. The molecule has 0 atom stereocenters. The van der Waals surface area contributed by atoms with Crippen LogP contribution in [0.15, 0.2) is 0 Å². The van der Waals surface area contributed by atoms with E-state index in [2.05, 4.69) is 0 Å². The second-order valence-corrected chi connectivity index (χ2v) is 2.67. The summed E-state index contributed by atoms with van der Waals surface area (Å²) >= 11 is 0. The van der Waals surface area contributed by atoms with Crippen LogP contribution in [0.5, 0.6) is 0 Å². The number of alkyl halides is 3. The van der Waals surface area contributed by atoms with Gasteiger partial charge in [0.1, 0.15) is 0 Å². The molecule has 2 nitrogen and oxygen atoms in total. The van der Waals surface area contributed by atoms with Crippen molar-refractivity contribution in [3.63, 3.8) is 0 Å². The summed E-state index contributed by atoms with van der Waals surface area (Å²) in [7, 11) is 0. The van der Waals surface area contributed by atoms with Crippen molar-refractivity contribution < 1.29 is 18.0 Å². The van der Waals surface area contributed by atoms with Crippen LogP contribution in [0, 0.1) is 6.54 Å². The minimum atomic E-state index is -4.78. The molecule has 0 aromatic carbocycles. The zero-order valence-electron chi connectivity index (χ0n) is 7.45. The van der Waals surface area contributed by atoms with Crippen LogP contribution in [-0.2, 0) is 4.79 Å². The Kier molecular flexibility index (Phi) is 5.50. The fraction of sp³-hybridized carbons (Fsp3) is 0.750. The maximum absolute atomic E-state index is 11.6. The van der Waals surface area contributed by atoms with Gasteiger partial charge in [-0.05, 0) is 6.42 Å². The van der Waals surface area contributed by atoms with Gasteiger partial charge < -0.3 is 5.32 Å². The van der Waals surface area contributed by atoms with Crippen molar-refractivity contribution in [1.29, 1.82) is 0 Å². The first kappa shape index (κ1) is 12.3. The molecule has 0 heterocycles. The molecule has 0 spiro atoms. The number of carbonyl (C=O) groups excluding carboxylic acids is 1. The van der Waals surface area contributed by atoms with Gasteiger partial charge in [-0.3, -0.25) is 4.79 Å². The van der Waals surface area contributed by atoms with Crippen molar-refractivity contribution in [2.45, 2.75) is 38.8 Å². The van der Waals surface area contributed by atoms with E-state index in [0.717, 1.165) is 25.8 Å². The van der Waals surface area contributed by atoms with Crippen molar-refractivity contribution in [1.82, 2.24) is 5.32 Å². The van der Waals surface area contributed by atoms with Crippen molar-refractivity contribution in [3.8, 4) is 0 Å². The summed E-state index contributed by atoms with van der Waals surface area (Å²) in [5.74, 6) is -1.90. The quantitative estimate of drug-likeness (QED) is 0.672. The van der Waals surface area contributed by atoms with E-state index in [0.29, 0.717) is 6.42 Å². The number of rotatable bonds is 5. The number of amides is 1. The molecule has 77 valence electrons. The van der Waals surface area contributed by atoms with Crippen molar-refractivity contribution in [3.05, 3.63) is 6.54 Å². The Hall–Kier alpha value is -0.740. The predicted molar refractivity (Wildman–Crippen MR) is 42.6 cm³/mol. The van der Waals surface area contributed by atoms with Crippen LogP contribution in [0.3, 0.4) is 0 Å². The van der Waals surface area contributed by atoms with Crippen LogP contribution < -0.4 is 5.32 Å². The van der Waals surface area contributed by atoms with E-state index in [-0.39, 0.29) is 0 Å². The molecular weight excluding hydrogens is 183 g/mol. The highest BCUT2D eigenvalue weighted by Crippen LogP contribution is 2.14. The Balaban J connectivity index is 3.38. The van der Waals surface area contributed by atoms with Gasteiger partial charge in [0.25, 0.3) is 0 Å². The Bertz CT molecular complexity index is 156. The molecule has 0 fully saturated rings. The van der Waals surface area contributed by atoms with Gasteiger partial charge in [-0.25, -0.2) is 0 Å². The maximum Gasteiger partial charge on any atom is 0.471 e. The fourth-order valence-electron chi connectivity index (χ4n) is 0.743. The standard InChI is InChI=1S/C8H13F3NO/c1-2-3-4-5-6-12-7(13)8(9,10)11/h6H,2-5H2,1H3,(H,12,13). The molecule has 1 amide bonds. The van der Waals surface area contributed by atoms with E-state index in [1.165, 1.54) is 0 Å². The topological polar surface area (TPSA) is 29.1 Å². The molecule has 0 saturated heterocycles. The Morgan fingerprint density at radius 2 is 2.00 bits per heavy atom. The van der Waals surface area contributed by atoms with Gasteiger partial charge in [0.15, 0.2) is 0 Å². The third-order valence-corrected chi connectivity index (χ3v) is 1.44. The molecule has 0 aliphatic rings. The molecule has 0 saturated carbocycles. The molecule has 0 rings (SSSR count). The second kappa shape index (κ2) is 5.83. The molecule has 0 bridgehead atoms. The number of hydrogen-bond donors (Lipinski definition) is 1. The number of hydrogen-bond acceptors (Lipinski definition) is 1. The van der Waals surface area contributed by atoms with Crippen LogP contribution in [-0.4, -0.2) is 12.1 Å². The summed E-state index contributed by atoms with van der Waals surface area (Å²) in [6, 6.07) is 0. The molecule has 0 aromatic rings. The highest BCUT2D eigenvalue weighted by Gasteiger charge is 2.38. The SMILES string of the molecule is CCCCC[CH]NC(=O)C(F)(F)F. The smallest absolute Gasteiger partial charge is 0.343 e. The summed E-state index contributed by atoms with van der Waals surface area (Å²) in [6.45, 7) is 3.15. The van der Waals surface area contributed by atoms with Crippen LogP contribution in [0.1, 0.15) is 32.6 Å². The number of carbonyl (C=O) groups is 1. The van der Waals surface area contributed by atoms with E-state index in [4.69, 9.17) is 0 Å². The highest BCUT2D eigenvalue weighted by atomic mass is 19.4. The van der Waals surface area contributed by atoms with Gasteiger partial charge in [0, 0.05) is 6.54 Å². The van der Waals surface area contributed by atoms with Gasteiger partial charge >= 0.3 is 12.1 Å². The van der Waals surface area contributed by atoms with E-state index in [9.17, 15) is 18.0 Å². The van der Waals surface area contributed by atoms with Gasteiger partial charge in [-0.15, -0.1) is 0 Å². The third-order valence-electron chi connectivity index (χ3n) is 1.44. The Morgan fingerprint density at radius 1 is 1.38 bits per heavy atom. The molecule has 0 aliphatic carbocycles. The van der Waals surface area contributed by atoms with Crippen molar-refractivity contribution in [2.24, 2.45) is 0 Å². The largest absolute Gasteiger partial charge is 0.471 e. The van der Waals surface area contributed by atoms with Crippen LogP contribution >= 0.6 is 0 Å². The lowest BCUT2D eigenvalue weighted by molar-refractivity contribution is -0.172. The number of nitrogens with one attached hydrogen (secondary N) is 1. The summed E-state index contributed by atoms with van der Waals surface area (Å²) in [4.78, 5) is 10.2. The minimum Gasteiger partial charge on any atom is -0.343 e. The Labute approximate surface area is 75.5 Å². The molecule has 0 aromatic heterocycles. The van der Waals surface area contributed by atoms with Crippen LogP contribution in [0.2, 0.25) is 0 Å². The molecule has 1 radical (unpaired) electrons. The van der Waals surface area contributed by atoms with Gasteiger partial charge in [-0.2, -0.15) is 13.2 Å². The third kappa shape index (κ3) is 6.42. The molecule has 0 aliphatic heterocycles. The monoisotopic (exact) mass is 196 g/mol. The maximum atomic E-state index is 11.6. The lowest BCUT2D eigenvalue weighted by atomic mass is 10.2. The van der Waals surface area contributed by atoms with E-state index in [1.807, 2.05) is 6.92 Å². The average Bonchev–Trinajstić information content (AvgIpc) is 2.02. The lowest BCUT2D eigenvalue weighted by Crippen LogP contribution is -2.35. The average molecular weight is 196 g/mol. The van der Waals surface area contributed by atoms with Gasteiger partial charge in [0.2, 0.25) is 0 Å². The fourth-order valence-corrected chi connectivity index (χ4v) is 0.743. The van der Waals surface area contributed by atoms with Crippen LogP contribution in [0.4, 0.5) is 13.2 Å². The van der Waals surface area contributed by atoms with E-state index < -0.39 is 12.1 Å². The minimum absolute atomic E-state index is 0.482. The van der Waals surface area contributed by atoms with E-state index >= 15 is 0 Å². The first-order chi connectivity index (χ1) is 5.98. The van der Waals surface area contributed by atoms with Gasteiger partial charge in [-0.1, -0.05) is 26.2 Å². The molecule has 0 unspecified atom stereocenters. The van der Waals surface area contributed by atoms with E-state index in [1.54, 1.807) is 5.32 Å². The second-order valence-electron chi connectivity index (χ2n) is 2.67. The summed E-state index contributed by atoms with van der Waals surface area (Å²) in [6.07, 6.45) is -1.54. The number of unbranched alkanes of at least 4 members (excludes halogenated alkanes) is 3. The Morgan fingerprint density at radius 3 is 2.46 bits per heavy atom. The molecule has 5 heteroatoms.